The molecule has 2 aromatic carbocycles. The van der Waals surface area contributed by atoms with Gasteiger partial charge in [0.05, 0.1) is 30.5 Å². The predicted octanol–water partition coefficient (Wildman–Crippen LogP) is 5.11. The second-order valence-corrected chi connectivity index (χ2v) is 9.92. The molecule has 7 nitrogen and oxygen atoms in total. The molecule has 37 heavy (non-hydrogen) atoms. The Kier molecular flexibility index (Phi) is 7.62. The average Bonchev–Trinajstić information content (AvgIpc) is 3.13. The Morgan fingerprint density at radius 2 is 1.81 bits per heavy atom. The molecule has 1 aliphatic rings. The summed E-state index contributed by atoms with van der Waals surface area (Å²) in [7, 11) is 3.89. The lowest BCUT2D eigenvalue weighted by Crippen LogP contribution is -2.29. The maximum atomic E-state index is 13.3. The quantitative estimate of drug-likeness (QED) is 0.263. The number of aliphatic hydroxyl groups is 1. The first-order chi connectivity index (χ1) is 17.7. The van der Waals surface area contributed by atoms with Crippen LogP contribution in [-0.4, -0.2) is 47.4 Å². The zero-order chi connectivity index (χ0) is 26.7. The van der Waals surface area contributed by atoms with Crippen molar-refractivity contribution in [2.45, 2.75) is 33.4 Å². The lowest BCUT2D eigenvalue weighted by atomic mass is 9.94. The van der Waals surface area contributed by atoms with Crippen LogP contribution in [0.15, 0.2) is 72.4 Å². The van der Waals surface area contributed by atoms with Gasteiger partial charge < -0.3 is 19.6 Å². The number of ketones is 1. The minimum atomic E-state index is -0.754. The minimum Gasteiger partial charge on any atom is -0.507 e. The zero-order valence-corrected chi connectivity index (χ0v) is 21.9. The van der Waals surface area contributed by atoms with E-state index in [1.807, 2.05) is 62.3 Å². The molecule has 0 spiro atoms. The Morgan fingerprint density at radius 3 is 2.41 bits per heavy atom. The summed E-state index contributed by atoms with van der Waals surface area (Å²) in [6, 6.07) is 17.6. The smallest absolute Gasteiger partial charge is 0.296 e. The van der Waals surface area contributed by atoms with Crippen molar-refractivity contribution in [3.8, 4) is 5.75 Å². The van der Waals surface area contributed by atoms with Crippen LogP contribution in [0.3, 0.4) is 0 Å². The number of rotatable bonds is 8. The van der Waals surface area contributed by atoms with Crippen molar-refractivity contribution >= 4 is 23.1 Å². The van der Waals surface area contributed by atoms with Crippen molar-refractivity contribution in [3.05, 3.63) is 94.8 Å². The van der Waals surface area contributed by atoms with Gasteiger partial charge in [-0.25, -0.2) is 0 Å². The second kappa shape index (κ2) is 10.9. The van der Waals surface area contributed by atoms with Crippen molar-refractivity contribution in [1.82, 2.24) is 9.88 Å². The lowest BCUT2D eigenvalue weighted by Gasteiger charge is -2.25. The van der Waals surface area contributed by atoms with Crippen molar-refractivity contribution < 1.29 is 19.4 Å². The number of benzene rings is 2. The molecule has 0 bridgehead atoms. The van der Waals surface area contributed by atoms with E-state index in [9.17, 15) is 14.7 Å². The van der Waals surface area contributed by atoms with E-state index in [2.05, 4.69) is 18.8 Å². The normalized spacial score (nSPS) is 16.9. The molecule has 1 atom stereocenters. The molecule has 0 aliphatic carbocycles. The number of ether oxygens (including phenoxy) is 1. The predicted molar refractivity (Wildman–Crippen MR) is 144 cm³/mol. The van der Waals surface area contributed by atoms with Crippen molar-refractivity contribution in [1.29, 1.82) is 0 Å². The molecule has 0 saturated carbocycles. The molecular formula is C30H33N3O4. The number of aromatic nitrogens is 1. The van der Waals surface area contributed by atoms with Gasteiger partial charge in [0.25, 0.3) is 11.7 Å². The van der Waals surface area contributed by atoms with Gasteiger partial charge in [-0.05, 0) is 66.4 Å². The third kappa shape index (κ3) is 5.50. The Balaban J connectivity index is 1.79. The molecule has 1 amide bonds. The van der Waals surface area contributed by atoms with Gasteiger partial charge in [-0.1, -0.05) is 32.0 Å². The van der Waals surface area contributed by atoms with Gasteiger partial charge in [0, 0.05) is 31.5 Å². The van der Waals surface area contributed by atoms with Gasteiger partial charge in [0.1, 0.15) is 11.5 Å². The van der Waals surface area contributed by atoms with E-state index in [1.54, 1.807) is 30.5 Å². The van der Waals surface area contributed by atoms with Crippen LogP contribution in [0.2, 0.25) is 0 Å². The Labute approximate surface area is 218 Å². The van der Waals surface area contributed by atoms with Gasteiger partial charge in [-0.2, -0.15) is 0 Å². The number of carbonyl (C=O) groups excluding carboxylic acids is 2. The molecule has 4 rings (SSSR count). The van der Waals surface area contributed by atoms with Crippen molar-refractivity contribution in [2.75, 3.05) is 25.6 Å². The SMILES string of the molecule is Cc1cc(/C(O)=C2/C(=O)C(=O)N(Cc3ccccn3)C2c2ccc(N(C)C)cc2)ccc1OCC(C)C. The molecule has 3 aromatic rings. The first kappa shape index (κ1) is 25.9. The number of Topliss-reactive ketones (excluding diaryl/α,β-unsaturated/α-hetero) is 1. The van der Waals surface area contributed by atoms with Crippen LogP contribution in [0.1, 0.15) is 42.3 Å². The number of aliphatic hydroxyl groups excluding tert-OH is 1. The Hall–Kier alpha value is -4.13. The number of pyridine rings is 1. The minimum absolute atomic E-state index is 0.0637. The zero-order valence-electron chi connectivity index (χ0n) is 21.9. The largest absolute Gasteiger partial charge is 0.507 e. The van der Waals surface area contributed by atoms with Crippen LogP contribution < -0.4 is 9.64 Å². The number of hydrogen-bond acceptors (Lipinski definition) is 6. The van der Waals surface area contributed by atoms with Gasteiger partial charge in [0.15, 0.2) is 0 Å². The Bertz CT molecular complexity index is 1310. The number of hydrogen-bond donors (Lipinski definition) is 1. The third-order valence-corrected chi connectivity index (χ3v) is 6.34. The summed E-state index contributed by atoms with van der Waals surface area (Å²) in [5.41, 5.74) is 3.73. The van der Waals surface area contributed by atoms with E-state index in [-0.39, 0.29) is 17.9 Å². The maximum absolute atomic E-state index is 13.3. The van der Waals surface area contributed by atoms with E-state index in [0.29, 0.717) is 23.8 Å². The van der Waals surface area contributed by atoms with Gasteiger partial charge in [0.2, 0.25) is 0 Å². The number of anilines is 1. The molecular weight excluding hydrogens is 466 g/mol. The average molecular weight is 500 g/mol. The van der Waals surface area contributed by atoms with Crippen LogP contribution in [0.4, 0.5) is 5.69 Å². The van der Waals surface area contributed by atoms with Crippen LogP contribution in [0, 0.1) is 12.8 Å². The first-order valence-corrected chi connectivity index (χ1v) is 12.4. The third-order valence-electron chi connectivity index (χ3n) is 6.34. The molecule has 1 aromatic heterocycles. The lowest BCUT2D eigenvalue weighted by molar-refractivity contribution is -0.140. The highest BCUT2D eigenvalue weighted by molar-refractivity contribution is 6.46. The second-order valence-electron chi connectivity index (χ2n) is 9.92. The summed E-state index contributed by atoms with van der Waals surface area (Å²) in [5, 5.41) is 11.4. The topological polar surface area (TPSA) is 83.0 Å². The molecule has 1 fully saturated rings. The van der Waals surface area contributed by atoms with E-state index in [1.165, 1.54) is 4.90 Å². The summed E-state index contributed by atoms with van der Waals surface area (Å²) < 4.78 is 5.86. The van der Waals surface area contributed by atoms with Gasteiger partial charge in [-0.3, -0.25) is 14.6 Å². The molecule has 1 unspecified atom stereocenters. The van der Waals surface area contributed by atoms with Crippen molar-refractivity contribution in [2.24, 2.45) is 5.92 Å². The van der Waals surface area contributed by atoms with E-state index >= 15 is 0 Å². The molecule has 7 heteroatoms. The summed E-state index contributed by atoms with van der Waals surface area (Å²) in [4.78, 5) is 34.4. The number of nitrogens with zero attached hydrogens (tertiary/aromatic N) is 3. The molecule has 0 radical (unpaired) electrons. The Morgan fingerprint density at radius 1 is 1.08 bits per heavy atom. The molecule has 2 heterocycles. The van der Waals surface area contributed by atoms with Crippen LogP contribution in [0.5, 0.6) is 5.75 Å². The fraction of sp³-hybridized carbons (Fsp3) is 0.300. The van der Waals surface area contributed by atoms with Crippen LogP contribution in [-0.2, 0) is 16.1 Å². The first-order valence-electron chi connectivity index (χ1n) is 12.4. The van der Waals surface area contributed by atoms with E-state index in [0.717, 1.165) is 22.6 Å². The van der Waals surface area contributed by atoms with Gasteiger partial charge >= 0.3 is 0 Å². The maximum Gasteiger partial charge on any atom is 0.296 e. The number of carbonyl (C=O) groups is 2. The highest BCUT2D eigenvalue weighted by Crippen LogP contribution is 2.41. The highest BCUT2D eigenvalue weighted by atomic mass is 16.5. The van der Waals surface area contributed by atoms with Crippen molar-refractivity contribution in [3.63, 3.8) is 0 Å². The summed E-state index contributed by atoms with van der Waals surface area (Å²) in [6.45, 7) is 6.76. The molecule has 1 aliphatic heterocycles. The van der Waals surface area contributed by atoms with Crippen LogP contribution in [0.25, 0.3) is 5.76 Å². The number of likely N-dealkylation sites (tertiary alicyclic amines) is 1. The summed E-state index contributed by atoms with van der Waals surface area (Å²) in [6.07, 6.45) is 1.65. The molecule has 192 valence electrons. The standard InChI is InChI=1S/C30H33N3O4/c1-19(2)18-37-25-14-11-22(16-20(25)3)28(34)26-27(21-9-12-24(13-10-21)32(4)5)33(30(36)29(26)35)17-23-8-6-7-15-31-23/h6-16,19,27,34H,17-18H2,1-5H3/b28-26-. The van der Waals surface area contributed by atoms with E-state index in [4.69, 9.17) is 4.74 Å². The van der Waals surface area contributed by atoms with Gasteiger partial charge in [-0.15, -0.1) is 0 Å². The molecule has 1 N–H and O–H groups in total. The monoisotopic (exact) mass is 499 g/mol. The number of amides is 1. The van der Waals surface area contributed by atoms with Crippen LogP contribution >= 0.6 is 0 Å². The summed E-state index contributed by atoms with van der Waals surface area (Å²) in [5.74, 6) is -0.490. The fourth-order valence-corrected chi connectivity index (χ4v) is 4.38. The summed E-state index contributed by atoms with van der Waals surface area (Å²) >= 11 is 0. The number of aryl methyl sites for hydroxylation is 1. The molecule has 1 saturated heterocycles. The van der Waals surface area contributed by atoms with E-state index < -0.39 is 17.7 Å². The highest BCUT2D eigenvalue weighted by Gasteiger charge is 2.46. The fourth-order valence-electron chi connectivity index (χ4n) is 4.38.